The molecule has 2 heterocycles. The average molecular weight is 398 g/mol. The molecule has 0 bridgehead atoms. The molecule has 0 unspecified atom stereocenters. The van der Waals surface area contributed by atoms with Gasteiger partial charge in [-0.05, 0) is 36.2 Å². The van der Waals surface area contributed by atoms with E-state index in [0.717, 1.165) is 16.4 Å². The lowest BCUT2D eigenvalue weighted by atomic mass is 10.00. The fourth-order valence-electron chi connectivity index (χ4n) is 3.28. The zero-order valence-corrected chi connectivity index (χ0v) is 15.9. The lowest BCUT2D eigenvalue weighted by Crippen LogP contribution is -2.07. The van der Waals surface area contributed by atoms with Crippen LogP contribution in [0.4, 0.5) is 5.82 Å². The molecule has 28 heavy (non-hydrogen) atoms. The topological polar surface area (TPSA) is 116 Å². The van der Waals surface area contributed by atoms with Crippen molar-refractivity contribution in [3.05, 3.63) is 54.2 Å². The van der Waals surface area contributed by atoms with Crippen LogP contribution in [0.1, 0.15) is 5.56 Å². The van der Waals surface area contributed by atoms with Crippen molar-refractivity contribution in [3.63, 3.8) is 0 Å². The maximum Gasteiger partial charge on any atom is 0.265 e. The first-order valence-corrected chi connectivity index (χ1v) is 10.2. The summed E-state index contributed by atoms with van der Waals surface area (Å²) in [5.74, 6) is 1.01. The molecule has 0 amide bonds. The molecule has 144 valence electrons. The molecule has 0 fully saturated rings. The van der Waals surface area contributed by atoms with Crippen molar-refractivity contribution >= 4 is 37.7 Å². The van der Waals surface area contributed by atoms with Crippen molar-refractivity contribution in [1.29, 1.82) is 0 Å². The summed E-state index contributed by atoms with van der Waals surface area (Å²) in [5.41, 5.74) is 8.24. The van der Waals surface area contributed by atoms with Crippen molar-refractivity contribution in [3.8, 4) is 17.1 Å². The molecule has 0 saturated carbocycles. The van der Waals surface area contributed by atoms with Gasteiger partial charge in [0.15, 0.2) is 0 Å². The van der Waals surface area contributed by atoms with Crippen molar-refractivity contribution in [2.45, 2.75) is 6.42 Å². The van der Waals surface area contributed by atoms with Crippen molar-refractivity contribution in [1.82, 2.24) is 4.98 Å². The minimum Gasteiger partial charge on any atom is -0.496 e. The van der Waals surface area contributed by atoms with E-state index in [9.17, 15) is 8.42 Å². The van der Waals surface area contributed by atoms with Crippen molar-refractivity contribution in [2.24, 2.45) is 0 Å². The smallest absolute Gasteiger partial charge is 0.265 e. The minimum absolute atomic E-state index is 0.132. The van der Waals surface area contributed by atoms with E-state index in [1.54, 1.807) is 12.3 Å². The number of pyridine rings is 1. The Morgan fingerprint density at radius 2 is 2.00 bits per heavy atom. The Morgan fingerprint density at radius 3 is 2.71 bits per heavy atom. The van der Waals surface area contributed by atoms with Gasteiger partial charge in [-0.2, -0.15) is 8.42 Å². The summed E-state index contributed by atoms with van der Waals surface area (Å²) in [4.78, 5) is 4.28. The van der Waals surface area contributed by atoms with Gasteiger partial charge in [-0.25, -0.2) is 4.98 Å². The van der Waals surface area contributed by atoms with Gasteiger partial charge in [-0.1, -0.05) is 18.2 Å². The second-order valence-electron chi connectivity index (χ2n) is 6.46. The Morgan fingerprint density at radius 1 is 1.21 bits per heavy atom. The molecular formula is C20H18N2O5S. The lowest BCUT2D eigenvalue weighted by Gasteiger charge is -2.13. The zero-order chi connectivity index (χ0) is 19.9. The number of aromatic nitrogens is 1. The summed E-state index contributed by atoms with van der Waals surface area (Å²) in [6.07, 6.45) is 1.76. The molecule has 2 aromatic carbocycles. The van der Waals surface area contributed by atoms with Crippen LogP contribution >= 0.6 is 0 Å². The average Bonchev–Trinajstić information content (AvgIpc) is 3.09. The van der Waals surface area contributed by atoms with Gasteiger partial charge in [-0.3, -0.25) is 4.55 Å². The third-order valence-electron chi connectivity index (χ3n) is 4.60. The van der Waals surface area contributed by atoms with Crippen LogP contribution in [-0.4, -0.2) is 30.8 Å². The normalized spacial score (nSPS) is 11.9. The van der Waals surface area contributed by atoms with E-state index >= 15 is 0 Å². The fourth-order valence-corrected chi connectivity index (χ4v) is 3.77. The van der Waals surface area contributed by atoms with Gasteiger partial charge in [-0.15, -0.1) is 0 Å². The molecule has 0 saturated heterocycles. The number of benzene rings is 2. The van der Waals surface area contributed by atoms with Gasteiger partial charge in [0.2, 0.25) is 0 Å². The molecule has 2 aromatic heterocycles. The van der Waals surface area contributed by atoms with E-state index in [2.05, 4.69) is 4.98 Å². The van der Waals surface area contributed by atoms with E-state index in [1.165, 1.54) is 7.11 Å². The minimum atomic E-state index is -4.08. The Labute approximate surface area is 161 Å². The predicted molar refractivity (Wildman–Crippen MR) is 108 cm³/mol. The number of rotatable bonds is 5. The molecule has 0 spiro atoms. The number of anilines is 1. The summed E-state index contributed by atoms with van der Waals surface area (Å²) in [6.45, 7) is 0. The zero-order valence-electron chi connectivity index (χ0n) is 15.0. The Kier molecular flexibility index (Phi) is 4.44. The maximum atomic E-state index is 11.1. The SMILES string of the molecule is COc1cc(CCS(=O)(=O)O)cc2c(-c3cc4ccccc4o3)cnc(N)c12. The van der Waals surface area contributed by atoms with E-state index < -0.39 is 10.1 Å². The second kappa shape index (κ2) is 6.81. The van der Waals surface area contributed by atoms with Crippen LogP contribution in [0.3, 0.4) is 0 Å². The molecule has 0 atom stereocenters. The van der Waals surface area contributed by atoms with Crippen LogP contribution in [0.5, 0.6) is 5.75 Å². The first kappa shape index (κ1) is 18.3. The number of hydrogen-bond acceptors (Lipinski definition) is 6. The highest BCUT2D eigenvalue weighted by molar-refractivity contribution is 7.85. The standard InChI is InChI=1S/C20H18N2O5S/c1-26-18-9-12(6-7-28(23,24)25)8-14-15(11-22-20(21)19(14)18)17-10-13-4-2-3-5-16(13)27-17/h2-5,8-11H,6-7H2,1H3,(H2,21,22)(H,23,24,25). The molecule has 8 heteroatoms. The van der Waals surface area contributed by atoms with E-state index in [1.807, 2.05) is 36.4 Å². The summed E-state index contributed by atoms with van der Waals surface area (Å²) in [5, 5.41) is 2.31. The summed E-state index contributed by atoms with van der Waals surface area (Å²) < 4.78 is 42.8. The molecule has 0 aliphatic rings. The molecule has 7 nitrogen and oxygen atoms in total. The van der Waals surface area contributed by atoms with Crippen LogP contribution in [-0.2, 0) is 16.5 Å². The molecule has 3 N–H and O–H groups in total. The summed E-state index contributed by atoms with van der Waals surface area (Å²) in [6, 6.07) is 13.1. The Balaban J connectivity index is 1.94. The largest absolute Gasteiger partial charge is 0.496 e. The molecule has 0 radical (unpaired) electrons. The number of fused-ring (bicyclic) bond motifs is 2. The predicted octanol–water partition coefficient (Wildman–Crippen LogP) is 3.67. The van der Waals surface area contributed by atoms with Crippen LogP contribution in [0, 0.1) is 0 Å². The van der Waals surface area contributed by atoms with Crippen molar-refractivity contribution < 1.29 is 22.1 Å². The highest BCUT2D eigenvalue weighted by Gasteiger charge is 2.17. The monoisotopic (exact) mass is 398 g/mol. The van der Waals surface area contributed by atoms with Gasteiger partial charge in [0.1, 0.15) is 22.9 Å². The number of ether oxygens (including phenoxy) is 1. The number of nitrogens with two attached hydrogens (primary N) is 1. The molecule has 4 rings (SSSR count). The number of methoxy groups -OCH3 is 1. The first-order chi connectivity index (χ1) is 13.4. The van der Waals surface area contributed by atoms with Gasteiger partial charge >= 0.3 is 0 Å². The fraction of sp³-hybridized carbons (Fsp3) is 0.150. The number of nitrogen functional groups attached to an aromatic ring is 1. The number of aryl methyl sites for hydroxylation is 1. The van der Waals surface area contributed by atoms with E-state index in [-0.39, 0.29) is 12.2 Å². The molecule has 0 aliphatic heterocycles. The second-order valence-corrected chi connectivity index (χ2v) is 8.03. The van der Waals surface area contributed by atoms with Crippen LogP contribution in [0.2, 0.25) is 0 Å². The third-order valence-corrected chi connectivity index (χ3v) is 5.32. The summed E-state index contributed by atoms with van der Waals surface area (Å²) in [7, 11) is -2.57. The van der Waals surface area contributed by atoms with Gasteiger partial charge < -0.3 is 14.9 Å². The third kappa shape index (κ3) is 3.39. The van der Waals surface area contributed by atoms with Crippen molar-refractivity contribution in [2.75, 3.05) is 18.6 Å². The van der Waals surface area contributed by atoms with Gasteiger partial charge in [0.25, 0.3) is 10.1 Å². The molecular weight excluding hydrogens is 380 g/mol. The van der Waals surface area contributed by atoms with E-state index in [0.29, 0.717) is 33.8 Å². The highest BCUT2D eigenvalue weighted by atomic mass is 32.2. The number of nitrogens with zero attached hydrogens (tertiary/aromatic N) is 1. The Hall–Kier alpha value is -3.10. The number of para-hydroxylation sites is 1. The van der Waals surface area contributed by atoms with Crippen LogP contribution < -0.4 is 10.5 Å². The molecule has 4 aromatic rings. The quantitative estimate of drug-likeness (QED) is 0.493. The van der Waals surface area contributed by atoms with E-state index in [4.69, 9.17) is 19.4 Å². The van der Waals surface area contributed by atoms with Gasteiger partial charge in [0, 0.05) is 22.5 Å². The highest BCUT2D eigenvalue weighted by Crippen LogP contribution is 2.39. The number of hydrogen-bond donors (Lipinski definition) is 2. The van der Waals surface area contributed by atoms with Crippen LogP contribution in [0.15, 0.2) is 53.1 Å². The first-order valence-electron chi connectivity index (χ1n) is 8.55. The van der Waals surface area contributed by atoms with Gasteiger partial charge in [0.05, 0.1) is 18.2 Å². The molecule has 0 aliphatic carbocycles. The van der Waals surface area contributed by atoms with Crippen LogP contribution in [0.25, 0.3) is 33.1 Å². The lowest BCUT2D eigenvalue weighted by molar-refractivity contribution is 0.419. The summed E-state index contributed by atoms with van der Waals surface area (Å²) >= 11 is 0. The Bertz CT molecular complexity index is 1260. The maximum absolute atomic E-state index is 11.1. The number of furan rings is 1.